The molecule has 0 spiro atoms. The monoisotopic (exact) mass is 429 g/mol. The minimum Gasteiger partial charge on any atom is -0.387 e. The zero-order valence-electron chi connectivity index (χ0n) is 15.3. The summed E-state index contributed by atoms with van der Waals surface area (Å²) in [6.07, 6.45) is 3.44. The Balaban J connectivity index is 1.57. The Morgan fingerprint density at radius 1 is 1.31 bits per heavy atom. The molecule has 1 amide bonds. The van der Waals surface area contributed by atoms with Crippen molar-refractivity contribution in [2.24, 2.45) is 7.05 Å². The van der Waals surface area contributed by atoms with Crippen molar-refractivity contribution < 1.29 is 9.21 Å². The highest BCUT2D eigenvalue weighted by molar-refractivity contribution is 7.13. The van der Waals surface area contributed by atoms with Gasteiger partial charge in [-0.2, -0.15) is 4.68 Å². The van der Waals surface area contributed by atoms with E-state index in [0.717, 1.165) is 10.2 Å². The van der Waals surface area contributed by atoms with Crippen molar-refractivity contribution in [2.75, 3.05) is 0 Å². The first-order valence-corrected chi connectivity index (χ1v) is 9.91. The summed E-state index contributed by atoms with van der Waals surface area (Å²) in [7, 11) is 1.84. The Hall–Kier alpha value is -3.17. The second kappa shape index (κ2) is 8.06. The second-order valence-electron chi connectivity index (χ2n) is 6.26. The van der Waals surface area contributed by atoms with Gasteiger partial charge in [0.15, 0.2) is 0 Å². The Morgan fingerprint density at radius 2 is 2.10 bits per heavy atom. The van der Waals surface area contributed by atoms with E-state index in [1.807, 2.05) is 35.2 Å². The number of aryl methyl sites for hydroxylation is 1. The topological polar surface area (TPSA) is 95.0 Å². The molecule has 0 fully saturated rings. The lowest BCUT2D eigenvalue weighted by molar-refractivity contribution is -0.122. The number of carbonyl (C=O) groups is 1. The third kappa shape index (κ3) is 4.15. The van der Waals surface area contributed by atoms with Crippen LogP contribution in [-0.2, 0) is 18.4 Å². The van der Waals surface area contributed by atoms with Crippen molar-refractivity contribution in [1.82, 2.24) is 24.6 Å². The van der Waals surface area contributed by atoms with Crippen LogP contribution in [0.2, 0.25) is 5.02 Å². The standard InChI is InChI=1S/C19H16ClN5O3S/c1-24-9-8-21-17(24)16(12-4-6-13(20)7-5-12)22-15(26)11-25-19(27)28-18(23-25)14-3-2-10-29-14/h2-10,16H,11H2,1H3,(H,22,26). The van der Waals surface area contributed by atoms with Crippen LogP contribution in [0.1, 0.15) is 17.4 Å². The first kappa shape index (κ1) is 19.2. The molecule has 148 valence electrons. The van der Waals surface area contributed by atoms with Crippen LogP contribution in [0.5, 0.6) is 0 Å². The first-order valence-electron chi connectivity index (χ1n) is 8.65. The Bertz CT molecular complexity index is 1180. The average Bonchev–Trinajstić information content (AvgIpc) is 3.43. The smallest absolute Gasteiger partial charge is 0.387 e. The van der Waals surface area contributed by atoms with Gasteiger partial charge in [0, 0.05) is 24.5 Å². The number of nitrogens with one attached hydrogen (secondary N) is 1. The summed E-state index contributed by atoms with van der Waals surface area (Å²) in [6.45, 7) is -0.276. The maximum atomic E-state index is 12.7. The summed E-state index contributed by atoms with van der Waals surface area (Å²) in [6, 6.07) is 10.2. The van der Waals surface area contributed by atoms with Crippen LogP contribution in [0.4, 0.5) is 0 Å². The van der Waals surface area contributed by atoms with Crippen LogP contribution in [0.25, 0.3) is 10.8 Å². The van der Waals surface area contributed by atoms with E-state index in [-0.39, 0.29) is 12.4 Å². The van der Waals surface area contributed by atoms with Gasteiger partial charge >= 0.3 is 5.76 Å². The van der Waals surface area contributed by atoms with Crippen LogP contribution in [-0.4, -0.2) is 25.2 Å². The molecule has 0 aliphatic heterocycles. The number of halogens is 1. The Labute approximate surface area is 174 Å². The van der Waals surface area contributed by atoms with E-state index in [4.69, 9.17) is 16.0 Å². The highest BCUT2D eigenvalue weighted by Crippen LogP contribution is 2.23. The van der Waals surface area contributed by atoms with E-state index in [9.17, 15) is 9.59 Å². The number of imidazole rings is 1. The van der Waals surface area contributed by atoms with Crippen LogP contribution >= 0.6 is 22.9 Å². The minimum absolute atomic E-state index is 0.191. The number of hydrogen-bond acceptors (Lipinski definition) is 6. The average molecular weight is 430 g/mol. The van der Waals surface area contributed by atoms with Crippen LogP contribution in [0.3, 0.4) is 0 Å². The van der Waals surface area contributed by atoms with E-state index in [1.165, 1.54) is 11.3 Å². The van der Waals surface area contributed by atoms with Crippen molar-refractivity contribution >= 4 is 28.8 Å². The normalized spacial score (nSPS) is 12.1. The van der Waals surface area contributed by atoms with Gasteiger partial charge in [-0.1, -0.05) is 29.8 Å². The van der Waals surface area contributed by atoms with Gasteiger partial charge in [0.05, 0.1) is 4.88 Å². The number of thiophene rings is 1. The maximum absolute atomic E-state index is 12.7. The molecule has 0 aliphatic carbocycles. The quantitative estimate of drug-likeness (QED) is 0.508. The third-order valence-electron chi connectivity index (χ3n) is 4.26. The van der Waals surface area contributed by atoms with E-state index in [1.54, 1.807) is 30.6 Å². The van der Waals surface area contributed by atoms with Gasteiger partial charge in [0.1, 0.15) is 18.4 Å². The molecule has 4 rings (SSSR count). The van der Waals surface area contributed by atoms with Gasteiger partial charge in [-0.25, -0.2) is 9.78 Å². The summed E-state index contributed by atoms with van der Waals surface area (Å²) in [5, 5.41) is 9.47. The number of rotatable bonds is 6. The molecular formula is C19H16ClN5O3S. The first-order chi connectivity index (χ1) is 14.0. The highest BCUT2D eigenvalue weighted by atomic mass is 35.5. The molecule has 8 nitrogen and oxygen atoms in total. The molecule has 1 unspecified atom stereocenters. The minimum atomic E-state index is -0.691. The summed E-state index contributed by atoms with van der Waals surface area (Å²) < 4.78 is 7.97. The molecule has 1 aromatic carbocycles. The Kier molecular flexibility index (Phi) is 5.32. The van der Waals surface area contributed by atoms with Crippen molar-refractivity contribution in [2.45, 2.75) is 12.6 Å². The lowest BCUT2D eigenvalue weighted by Crippen LogP contribution is -2.35. The van der Waals surface area contributed by atoms with Crippen LogP contribution in [0, 0.1) is 0 Å². The number of amides is 1. The van der Waals surface area contributed by atoms with E-state index < -0.39 is 17.7 Å². The number of carbonyl (C=O) groups excluding carboxylic acids is 1. The third-order valence-corrected chi connectivity index (χ3v) is 5.37. The maximum Gasteiger partial charge on any atom is 0.437 e. The zero-order chi connectivity index (χ0) is 20.4. The van der Waals surface area contributed by atoms with Crippen molar-refractivity contribution in [1.29, 1.82) is 0 Å². The van der Waals surface area contributed by atoms with Gasteiger partial charge in [-0.05, 0) is 29.1 Å². The molecule has 1 atom stereocenters. The molecule has 0 aliphatic rings. The van der Waals surface area contributed by atoms with E-state index >= 15 is 0 Å². The fraction of sp³-hybridized carbons (Fsp3) is 0.158. The molecule has 3 aromatic heterocycles. The highest BCUT2D eigenvalue weighted by Gasteiger charge is 2.22. The molecule has 0 saturated carbocycles. The molecule has 29 heavy (non-hydrogen) atoms. The summed E-state index contributed by atoms with van der Waals surface area (Å²) in [5.74, 6) is -0.256. The predicted molar refractivity (Wildman–Crippen MR) is 109 cm³/mol. The largest absolute Gasteiger partial charge is 0.437 e. The molecule has 0 bridgehead atoms. The van der Waals surface area contributed by atoms with Gasteiger partial charge in [-0.3, -0.25) is 4.79 Å². The van der Waals surface area contributed by atoms with Crippen molar-refractivity contribution in [3.63, 3.8) is 0 Å². The summed E-state index contributed by atoms with van der Waals surface area (Å²) in [5.41, 5.74) is 0.809. The van der Waals surface area contributed by atoms with Crippen LogP contribution in [0.15, 0.2) is 63.4 Å². The van der Waals surface area contributed by atoms with Gasteiger partial charge in [0.25, 0.3) is 5.89 Å². The van der Waals surface area contributed by atoms with Crippen molar-refractivity contribution in [3.05, 3.63) is 81.1 Å². The number of nitrogens with zero attached hydrogens (tertiary/aromatic N) is 4. The van der Waals surface area contributed by atoms with Gasteiger partial charge in [-0.15, -0.1) is 16.4 Å². The lowest BCUT2D eigenvalue weighted by atomic mass is 10.1. The van der Waals surface area contributed by atoms with Crippen LogP contribution < -0.4 is 11.1 Å². The lowest BCUT2D eigenvalue weighted by Gasteiger charge is -2.19. The molecule has 4 aromatic rings. The molecular weight excluding hydrogens is 414 g/mol. The van der Waals surface area contributed by atoms with E-state index in [2.05, 4.69) is 15.4 Å². The van der Waals surface area contributed by atoms with E-state index in [0.29, 0.717) is 15.7 Å². The summed E-state index contributed by atoms with van der Waals surface area (Å²) >= 11 is 7.38. The molecule has 0 saturated heterocycles. The molecule has 10 heteroatoms. The molecule has 3 heterocycles. The van der Waals surface area contributed by atoms with Gasteiger partial charge in [0.2, 0.25) is 5.91 Å². The SMILES string of the molecule is Cn1ccnc1C(NC(=O)Cn1nc(-c2cccs2)oc1=O)c1ccc(Cl)cc1. The second-order valence-corrected chi connectivity index (χ2v) is 7.64. The molecule has 0 radical (unpaired) electrons. The van der Waals surface area contributed by atoms with Gasteiger partial charge < -0.3 is 14.3 Å². The number of aromatic nitrogens is 4. The summed E-state index contributed by atoms with van der Waals surface area (Å²) in [4.78, 5) is 29.8. The van der Waals surface area contributed by atoms with Crippen molar-refractivity contribution in [3.8, 4) is 10.8 Å². The number of hydrogen-bond donors (Lipinski definition) is 1. The fourth-order valence-corrected chi connectivity index (χ4v) is 3.63. The fourth-order valence-electron chi connectivity index (χ4n) is 2.86. The number of benzene rings is 1. The zero-order valence-corrected chi connectivity index (χ0v) is 16.9. The Morgan fingerprint density at radius 3 is 2.76 bits per heavy atom. The predicted octanol–water partition coefficient (Wildman–Crippen LogP) is 2.86. The molecule has 1 N–H and O–H groups in total.